The van der Waals surface area contributed by atoms with Crippen LogP contribution in [0.5, 0.6) is 28.7 Å². The van der Waals surface area contributed by atoms with Gasteiger partial charge in [0.25, 0.3) is 23.6 Å². The van der Waals surface area contributed by atoms with Gasteiger partial charge in [-0.25, -0.2) is 4.79 Å². The predicted molar refractivity (Wildman–Crippen MR) is 257 cm³/mol. The molecule has 370 valence electrons. The highest BCUT2D eigenvalue weighted by Gasteiger charge is 2.37. The van der Waals surface area contributed by atoms with Crippen molar-refractivity contribution in [3.63, 3.8) is 0 Å². The lowest BCUT2D eigenvalue weighted by Gasteiger charge is -2.20. The zero-order valence-corrected chi connectivity index (χ0v) is 40.1. The van der Waals surface area contributed by atoms with E-state index in [0.29, 0.717) is 109 Å². The van der Waals surface area contributed by atoms with Gasteiger partial charge in [0.2, 0.25) is 0 Å². The molecule has 8 rings (SSSR count). The zero-order valence-electron chi connectivity index (χ0n) is 40.1. The number of ether oxygens (including phenoxy) is 7. The summed E-state index contributed by atoms with van der Waals surface area (Å²) >= 11 is 0. The minimum Gasteiger partial charge on any atom is -0.493 e. The van der Waals surface area contributed by atoms with E-state index in [9.17, 15) is 24.0 Å². The van der Waals surface area contributed by atoms with Gasteiger partial charge >= 0.3 is 5.97 Å². The fraction of sp³-hybridized carbons (Fsp3) is 0.442. The van der Waals surface area contributed by atoms with Crippen molar-refractivity contribution < 1.29 is 62.0 Å². The molecule has 0 aliphatic carbocycles. The van der Waals surface area contributed by atoms with Crippen molar-refractivity contribution in [2.75, 3.05) is 60.3 Å². The Balaban J connectivity index is 0.883. The summed E-state index contributed by atoms with van der Waals surface area (Å²) in [4.78, 5) is 80.6. The number of aliphatic imine (C=N–C) groups is 2. The Bertz CT molecular complexity index is 2450. The van der Waals surface area contributed by atoms with Gasteiger partial charge in [0.1, 0.15) is 25.6 Å². The summed E-state index contributed by atoms with van der Waals surface area (Å²) in [5.74, 6) is 0.382. The molecule has 18 nitrogen and oxygen atoms in total. The maximum absolute atomic E-state index is 13.7. The van der Waals surface area contributed by atoms with E-state index in [1.165, 1.54) is 25.4 Å². The summed E-state index contributed by atoms with van der Waals surface area (Å²) in [6, 6.07) is 12.3. The molecule has 0 saturated carbocycles. The summed E-state index contributed by atoms with van der Waals surface area (Å²) in [5.41, 5.74) is 5.82. The Morgan fingerprint density at radius 3 is 1.64 bits per heavy atom. The predicted octanol–water partition coefficient (Wildman–Crippen LogP) is 7.19. The molecule has 0 bridgehead atoms. The molecule has 3 saturated heterocycles. The first kappa shape index (κ1) is 49.4. The van der Waals surface area contributed by atoms with E-state index in [0.717, 1.165) is 30.4 Å². The third-order valence-corrected chi connectivity index (χ3v) is 12.7. The number of carbonyl (C=O) groups excluding carboxylic acids is 5. The van der Waals surface area contributed by atoms with Gasteiger partial charge < -0.3 is 47.8 Å². The molecule has 18 heteroatoms. The van der Waals surface area contributed by atoms with Crippen molar-refractivity contribution in [1.82, 2.24) is 14.9 Å². The number of allylic oxidation sites excluding steroid dienone is 2. The Morgan fingerprint density at radius 1 is 0.614 bits per heavy atom. The minimum atomic E-state index is -0.606. The van der Waals surface area contributed by atoms with Crippen LogP contribution in [-0.4, -0.2) is 129 Å². The van der Waals surface area contributed by atoms with Crippen LogP contribution in [0.2, 0.25) is 0 Å². The summed E-state index contributed by atoms with van der Waals surface area (Å²) in [6.45, 7) is 7.05. The highest BCUT2D eigenvalue weighted by Crippen LogP contribution is 2.41. The van der Waals surface area contributed by atoms with Crippen LogP contribution < -0.4 is 23.7 Å². The van der Waals surface area contributed by atoms with Gasteiger partial charge in [0.15, 0.2) is 23.0 Å². The van der Waals surface area contributed by atoms with E-state index < -0.39 is 17.8 Å². The van der Waals surface area contributed by atoms with Crippen LogP contribution in [0.3, 0.4) is 0 Å². The molecule has 3 aromatic rings. The summed E-state index contributed by atoms with van der Waals surface area (Å²) in [6.07, 6.45) is 11.4. The average Bonchev–Trinajstić information content (AvgIpc) is 4.04. The lowest BCUT2D eigenvalue weighted by molar-refractivity contribution is -0.197. The number of amides is 4. The molecule has 5 aliphatic heterocycles. The molecule has 0 aromatic heterocycles. The highest BCUT2D eigenvalue weighted by atomic mass is 16.7. The molecule has 0 radical (unpaired) electrons. The van der Waals surface area contributed by atoms with Crippen molar-refractivity contribution >= 4 is 53.4 Å². The number of fused-ring (bicyclic) bond motifs is 4. The molecule has 5 heterocycles. The maximum Gasteiger partial charge on any atom is 0.333 e. The first-order valence-corrected chi connectivity index (χ1v) is 23.7. The second-order valence-corrected chi connectivity index (χ2v) is 17.4. The molecule has 3 aromatic carbocycles. The number of unbranched alkanes of at least 4 members (excludes halogenated alkanes) is 2. The topological polar surface area (TPSA) is 194 Å². The average molecular weight is 962 g/mol. The highest BCUT2D eigenvalue weighted by molar-refractivity contribution is 6.05. The summed E-state index contributed by atoms with van der Waals surface area (Å²) in [5, 5.41) is 0.565. The van der Waals surface area contributed by atoms with Crippen LogP contribution in [0.15, 0.2) is 75.7 Å². The number of hydrogen-bond donors (Lipinski definition) is 0. The fourth-order valence-electron chi connectivity index (χ4n) is 8.83. The Morgan fingerprint density at radius 2 is 1.13 bits per heavy atom. The normalized spacial score (nSPS) is 19.3. The van der Waals surface area contributed by atoms with Crippen molar-refractivity contribution in [3.8, 4) is 28.7 Å². The van der Waals surface area contributed by atoms with E-state index in [1.54, 1.807) is 24.3 Å². The van der Waals surface area contributed by atoms with Crippen molar-refractivity contribution in [3.05, 3.63) is 88.0 Å². The van der Waals surface area contributed by atoms with Gasteiger partial charge in [-0.15, -0.1) is 5.06 Å². The first-order valence-electron chi connectivity index (χ1n) is 23.7. The van der Waals surface area contributed by atoms with Crippen LogP contribution in [0, 0.1) is 0 Å². The van der Waals surface area contributed by atoms with Gasteiger partial charge in [-0.3, -0.25) is 29.2 Å². The number of imide groups is 1. The Hall–Kier alpha value is -7.05. The number of nitrogens with zero attached hydrogens (tertiary/aromatic N) is 5. The number of hydroxylamine groups is 2. The van der Waals surface area contributed by atoms with E-state index >= 15 is 0 Å². The van der Waals surface area contributed by atoms with Gasteiger partial charge in [-0.1, -0.05) is 29.7 Å². The second-order valence-electron chi connectivity index (χ2n) is 17.4. The van der Waals surface area contributed by atoms with Gasteiger partial charge in [0, 0.05) is 63.5 Å². The SMILES string of the molecule is C/C=C1\CC2C=Nc3cc(OCc4cc(COc5cc6c(cc5OC)C(=O)N5C/C(=C/C)C[C@H]5C=N6)cc(OCCOCCOCCCCCC(=O)ON5C(=O)CCC5=O)c4)c(OC)cc3C(=O)N2C1. The number of benzene rings is 3. The van der Waals surface area contributed by atoms with Crippen LogP contribution in [0.4, 0.5) is 11.4 Å². The van der Waals surface area contributed by atoms with Crippen LogP contribution >= 0.6 is 0 Å². The first-order chi connectivity index (χ1) is 34.0. The lowest BCUT2D eigenvalue weighted by Crippen LogP contribution is -2.35. The third kappa shape index (κ3) is 11.7. The minimum absolute atomic E-state index is 0.0608. The molecular weight excluding hydrogens is 903 g/mol. The monoisotopic (exact) mass is 961 g/mol. The Labute approximate surface area is 406 Å². The second kappa shape index (κ2) is 23.0. The van der Waals surface area contributed by atoms with Crippen LogP contribution in [-0.2, 0) is 41.9 Å². The molecule has 70 heavy (non-hydrogen) atoms. The number of rotatable bonds is 22. The summed E-state index contributed by atoms with van der Waals surface area (Å²) < 4.78 is 41.9. The number of methoxy groups -OCH3 is 2. The van der Waals surface area contributed by atoms with E-state index in [4.69, 9.17) is 48.0 Å². The maximum atomic E-state index is 13.7. The molecule has 3 fully saturated rings. The van der Waals surface area contributed by atoms with Crippen LogP contribution in [0.25, 0.3) is 0 Å². The van der Waals surface area contributed by atoms with E-state index in [2.05, 4.69) is 12.2 Å². The Kier molecular flexibility index (Phi) is 16.2. The molecule has 0 N–H and O–H groups in total. The lowest BCUT2D eigenvalue weighted by atomic mass is 10.1. The molecular formula is C52H59N5O13. The van der Waals surface area contributed by atoms with Crippen molar-refractivity contribution in [1.29, 1.82) is 0 Å². The third-order valence-electron chi connectivity index (χ3n) is 12.7. The molecule has 4 amide bonds. The number of carbonyl (C=O) groups is 5. The molecule has 1 unspecified atom stereocenters. The zero-order chi connectivity index (χ0) is 49.1. The van der Waals surface area contributed by atoms with E-state index in [-0.39, 0.29) is 63.0 Å². The van der Waals surface area contributed by atoms with Crippen molar-refractivity contribution in [2.45, 2.75) is 90.5 Å². The molecule has 2 atom stereocenters. The van der Waals surface area contributed by atoms with E-state index in [1.807, 2.05) is 54.3 Å². The number of hydrogen-bond acceptors (Lipinski definition) is 15. The summed E-state index contributed by atoms with van der Waals surface area (Å²) in [7, 11) is 3.07. The van der Waals surface area contributed by atoms with Crippen molar-refractivity contribution in [2.24, 2.45) is 9.98 Å². The van der Waals surface area contributed by atoms with Gasteiger partial charge in [0.05, 0.1) is 68.6 Å². The van der Waals surface area contributed by atoms with Gasteiger partial charge in [-0.05, 0) is 81.0 Å². The molecule has 0 spiro atoms. The fourth-order valence-corrected chi connectivity index (χ4v) is 8.83. The van der Waals surface area contributed by atoms with Crippen LogP contribution in [0.1, 0.15) is 97.1 Å². The molecule has 5 aliphatic rings. The smallest absolute Gasteiger partial charge is 0.333 e. The quantitative estimate of drug-likeness (QED) is 0.0558. The largest absolute Gasteiger partial charge is 0.493 e. The van der Waals surface area contributed by atoms with Gasteiger partial charge in [-0.2, -0.15) is 0 Å². The standard InChI is InChI=1S/C52H59N5O13/c1-5-33-19-37-27-53-42-25-46(44(63-3)23-40(42)51(61)55(37)29-33)68-31-35-18-36(32-69-47-26-43-41(24-45(47)64-4)52(62)56-30-34(6-2)20-38(56)28-54-43)22-39(21-35)67-17-16-66-15-14-65-13-9-7-8-10-50(60)70-57-48(58)11-12-49(57)59/h5-6,18,21-28,37-38H,7-17,19-20,29-32H2,1-4H3/b33-5+,34-6+/t37-,38?/m0/s1.